The van der Waals surface area contributed by atoms with Crippen LogP contribution in [-0.2, 0) is 21.2 Å². The Kier molecular flexibility index (Phi) is 6.11. The number of sulfone groups is 1. The first kappa shape index (κ1) is 20.0. The van der Waals surface area contributed by atoms with Crippen molar-refractivity contribution in [3.05, 3.63) is 65.2 Å². The van der Waals surface area contributed by atoms with Gasteiger partial charge in [0.2, 0.25) is 0 Å². The van der Waals surface area contributed by atoms with E-state index in [9.17, 15) is 13.2 Å². The summed E-state index contributed by atoms with van der Waals surface area (Å²) >= 11 is 1.43. The van der Waals surface area contributed by atoms with E-state index in [-0.39, 0.29) is 22.8 Å². The standard InChI is InChI=1S/C20H19NO5S2/c1-3-28(23,24)18-10-5-4-9-17(18)20(22)26-12-15-13-27-19(21-15)14-7-6-8-16(11-14)25-2/h4-11,13H,3,12H2,1-2H3. The monoisotopic (exact) mass is 417 g/mol. The third-order valence-electron chi connectivity index (χ3n) is 4.04. The number of nitrogens with zero attached hydrogens (tertiary/aromatic N) is 1. The number of carbonyl (C=O) groups excluding carboxylic acids is 1. The van der Waals surface area contributed by atoms with E-state index in [1.165, 1.54) is 30.4 Å². The summed E-state index contributed by atoms with van der Waals surface area (Å²) in [4.78, 5) is 16.9. The largest absolute Gasteiger partial charge is 0.497 e. The van der Waals surface area contributed by atoms with E-state index in [2.05, 4.69) is 4.98 Å². The van der Waals surface area contributed by atoms with Gasteiger partial charge in [0.1, 0.15) is 17.4 Å². The summed E-state index contributed by atoms with van der Waals surface area (Å²) in [6, 6.07) is 13.6. The van der Waals surface area contributed by atoms with Crippen LogP contribution in [0, 0.1) is 0 Å². The second kappa shape index (κ2) is 8.53. The van der Waals surface area contributed by atoms with E-state index in [0.29, 0.717) is 5.69 Å². The van der Waals surface area contributed by atoms with Gasteiger partial charge in [-0.15, -0.1) is 11.3 Å². The molecule has 146 valence electrons. The van der Waals surface area contributed by atoms with Crippen LogP contribution in [0.5, 0.6) is 5.75 Å². The van der Waals surface area contributed by atoms with E-state index in [0.717, 1.165) is 16.3 Å². The average Bonchev–Trinajstić information content (AvgIpc) is 3.21. The molecule has 28 heavy (non-hydrogen) atoms. The average molecular weight is 418 g/mol. The molecule has 0 unspecified atom stereocenters. The lowest BCUT2D eigenvalue weighted by Gasteiger charge is -2.08. The van der Waals surface area contributed by atoms with E-state index in [1.807, 2.05) is 24.3 Å². The highest BCUT2D eigenvalue weighted by atomic mass is 32.2. The maximum absolute atomic E-state index is 12.4. The minimum atomic E-state index is -3.52. The van der Waals surface area contributed by atoms with Gasteiger partial charge in [0.25, 0.3) is 0 Å². The van der Waals surface area contributed by atoms with Crippen LogP contribution < -0.4 is 4.74 Å². The van der Waals surface area contributed by atoms with Crippen molar-refractivity contribution >= 4 is 27.1 Å². The van der Waals surface area contributed by atoms with Gasteiger partial charge in [0, 0.05) is 10.9 Å². The number of aromatic nitrogens is 1. The van der Waals surface area contributed by atoms with Crippen LogP contribution in [0.4, 0.5) is 0 Å². The molecule has 3 rings (SSSR count). The van der Waals surface area contributed by atoms with Crippen LogP contribution in [0.3, 0.4) is 0 Å². The molecule has 0 spiro atoms. The van der Waals surface area contributed by atoms with Gasteiger partial charge in [0.15, 0.2) is 9.84 Å². The lowest BCUT2D eigenvalue weighted by molar-refractivity contribution is 0.0464. The molecule has 0 aliphatic carbocycles. The number of ether oxygens (including phenoxy) is 2. The lowest BCUT2D eigenvalue weighted by Crippen LogP contribution is -2.13. The molecular formula is C20H19NO5S2. The van der Waals surface area contributed by atoms with Gasteiger partial charge in [-0.25, -0.2) is 18.2 Å². The topological polar surface area (TPSA) is 82.6 Å². The predicted octanol–water partition coefficient (Wildman–Crippen LogP) is 3.97. The van der Waals surface area contributed by atoms with Crippen LogP contribution in [0.1, 0.15) is 23.0 Å². The van der Waals surface area contributed by atoms with Crippen LogP contribution in [0.15, 0.2) is 58.8 Å². The van der Waals surface area contributed by atoms with Crippen molar-refractivity contribution < 1.29 is 22.7 Å². The molecule has 0 amide bonds. The predicted molar refractivity (Wildman–Crippen MR) is 107 cm³/mol. The maximum Gasteiger partial charge on any atom is 0.339 e. The Bertz CT molecular complexity index is 1090. The summed E-state index contributed by atoms with van der Waals surface area (Å²) in [6.45, 7) is 1.49. The Morgan fingerprint density at radius 1 is 1.14 bits per heavy atom. The molecule has 1 heterocycles. The van der Waals surface area contributed by atoms with Crippen molar-refractivity contribution in [2.24, 2.45) is 0 Å². The molecule has 0 bridgehead atoms. The number of methoxy groups -OCH3 is 1. The zero-order chi connectivity index (χ0) is 20.1. The molecule has 0 radical (unpaired) electrons. The second-order valence-corrected chi connectivity index (χ2v) is 8.96. The van der Waals surface area contributed by atoms with Crippen molar-refractivity contribution in [1.82, 2.24) is 4.98 Å². The fourth-order valence-corrected chi connectivity index (χ4v) is 4.43. The maximum atomic E-state index is 12.4. The summed E-state index contributed by atoms with van der Waals surface area (Å²) in [7, 11) is -1.92. The Morgan fingerprint density at radius 2 is 1.93 bits per heavy atom. The first-order valence-electron chi connectivity index (χ1n) is 8.52. The van der Waals surface area contributed by atoms with Gasteiger partial charge in [-0.1, -0.05) is 31.2 Å². The normalized spacial score (nSPS) is 11.2. The number of esters is 1. The molecular weight excluding hydrogens is 398 g/mol. The zero-order valence-corrected chi connectivity index (χ0v) is 17.0. The third kappa shape index (κ3) is 4.40. The summed E-state index contributed by atoms with van der Waals surface area (Å²) in [5.74, 6) is -0.0502. The minimum absolute atomic E-state index is 0.0159. The molecule has 6 nitrogen and oxygen atoms in total. The molecule has 0 atom stereocenters. The molecule has 2 aromatic carbocycles. The molecule has 0 saturated heterocycles. The van der Waals surface area contributed by atoms with E-state index >= 15 is 0 Å². The number of thiazole rings is 1. The number of carbonyl (C=O) groups is 1. The summed E-state index contributed by atoms with van der Waals surface area (Å²) in [5.41, 5.74) is 1.53. The molecule has 0 fully saturated rings. The minimum Gasteiger partial charge on any atom is -0.497 e. The summed E-state index contributed by atoms with van der Waals surface area (Å²) in [6.07, 6.45) is 0. The quantitative estimate of drug-likeness (QED) is 0.541. The first-order valence-corrected chi connectivity index (χ1v) is 11.1. The third-order valence-corrected chi connectivity index (χ3v) is 6.77. The molecule has 3 aromatic rings. The van der Waals surface area contributed by atoms with Crippen molar-refractivity contribution in [3.8, 4) is 16.3 Å². The van der Waals surface area contributed by atoms with Crippen molar-refractivity contribution in [3.63, 3.8) is 0 Å². The lowest BCUT2D eigenvalue weighted by atomic mass is 10.2. The van der Waals surface area contributed by atoms with Crippen molar-refractivity contribution in [2.75, 3.05) is 12.9 Å². The Balaban J connectivity index is 1.74. The van der Waals surface area contributed by atoms with Gasteiger partial charge in [-0.3, -0.25) is 0 Å². The highest BCUT2D eigenvalue weighted by Crippen LogP contribution is 2.27. The SMILES string of the molecule is CCS(=O)(=O)c1ccccc1C(=O)OCc1csc(-c2cccc(OC)c2)n1. The van der Waals surface area contributed by atoms with E-state index in [1.54, 1.807) is 24.6 Å². The Morgan fingerprint density at radius 3 is 2.68 bits per heavy atom. The van der Waals surface area contributed by atoms with E-state index in [4.69, 9.17) is 9.47 Å². The van der Waals surface area contributed by atoms with Gasteiger partial charge >= 0.3 is 5.97 Å². The van der Waals surface area contributed by atoms with Crippen LogP contribution in [-0.4, -0.2) is 32.2 Å². The van der Waals surface area contributed by atoms with Gasteiger partial charge < -0.3 is 9.47 Å². The molecule has 0 N–H and O–H groups in total. The molecule has 8 heteroatoms. The zero-order valence-electron chi connectivity index (χ0n) is 15.4. The Labute approximate surface area is 167 Å². The molecule has 0 aliphatic rings. The van der Waals surface area contributed by atoms with Gasteiger partial charge in [-0.2, -0.15) is 0 Å². The van der Waals surface area contributed by atoms with Crippen molar-refractivity contribution in [1.29, 1.82) is 0 Å². The van der Waals surface area contributed by atoms with Crippen LogP contribution in [0.2, 0.25) is 0 Å². The molecule has 0 aliphatic heterocycles. The van der Waals surface area contributed by atoms with E-state index < -0.39 is 15.8 Å². The van der Waals surface area contributed by atoms with Gasteiger partial charge in [0.05, 0.1) is 29.0 Å². The number of hydrogen-bond donors (Lipinski definition) is 0. The van der Waals surface area contributed by atoms with Crippen LogP contribution >= 0.6 is 11.3 Å². The smallest absolute Gasteiger partial charge is 0.339 e. The number of hydrogen-bond acceptors (Lipinski definition) is 7. The summed E-state index contributed by atoms with van der Waals surface area (Å²) in [5, 5.41) is 2.58. The number of benzene rings is 2. The van der Waals surface area contributed by atoms with Crippen LogP contribution in [0.25, 0.3) is 10.6 Å². The molecule has 1 aromatic heterocycles. The fraction of sp³-hybridized carbons (Fsp3) is 0.200. The van der Waals surface area contributed by atoms with Gasteiger partial charge in [-0.05, 0) is 24.3 Å². The second-order valence-electron chi connectivity index (χ2n) is 5.85. The highest BCUT2D eigenvalue weighted by molar-refractivity contribution is 7.91. The highest BCUT2D eigenvalue weighted by Gasteiger charge is 2.21. The fourth-order valence-electron chi connectivity index (χ4n) is 2.54. The Hall–Kier alpha value is -2.71. The molecule has 0 saturated carbocycles. The van der Waals surface area contributed by atoms with Crippen molar-refractivity contribution in [2.45, 2.75) is 18.4 Å². The first-order chi connectivity index (χ1) is 13.4. The summed E-state index contributed by atoms with van der Waals surface area (Å²) < 4.78 is 34.9. The number of rotatable bonds is 7.